The topological polar surface area (TPSA) is 23.6 Å². The van der Waals surface area contributed by atoms with Gasteiger partial charge in [-0.15, -0.1) is 0 Å². The maximum atomic E-state index is 12.6. The fourth-order valence-electron chi connectivity index (χ4n) is 4.10. The average Bonchev–Trinajstić information content (AvgIpc) is 2.71. The molecule has 0 aromatic heterocycles. The lowest BCUT2D eigenvalue weighted by atomic mass is 9.80. The zero-order chi connectivity index (χ0) is 13.0. The molecule has 4 heterocycles. The van der Waals surface area contributed by atoms with Crippen LogP contribution in [-0.2, 0) is 0 Å². The van der Waals surface area contributed by atoms with Gasteiger partial charge in [0.05, 0.1) is 0 Å². The van der Waals surface area contributed by atoms with E-state index in [4.69, 9.17) is 11.6 Å². The van der Waals surface area contributed by atoms with Gasteiger partial charge in [0.15, 0.2) is 0 Å². The largest absolute Gasteiger partial charge is 0.334 e. The molecule has 4 bridgehead atoms. The molecule has 0 saturated carbocycles. The number of carbonyl (C=O) groups is 1. The van der Waals surface area contributed by atoms with Gasteiger partial charge in [0.25, 0.3) is 5.91 Å². The van der Waals surface area contributed by atoms with E-state index in [-0.39, 0.29) is 5.91 Å². The first kappa shape index (κ1) is 11.7. The van der Waals surface area contributed by atoms with Crippen molar-refractivity contribution in [1.82, 2.24) is 9.80 Å². The normalized spacial score (nSPS) is 35.7. The smallest absolute Gasteiger partial charge is 0.254 e. The van der Waals surface area contributed by atoms with Crippen LogP contribution in [0.15, 0.2) is 24.3 Å². The molecule has 3 nitrogen and oxygen atoms in total. The van der Waals surface area contributed by atoms with Crippen LogP contribution in [0.4, 0.5) is 0 Å². The maximum Gasteiger partial charge on any atom is 0.254 e. The molecule has 19 heavy (non-hydrogen) atoms. The molecular weight excluding hydrogens is 260 g/mol. The number of likely N-dealkylation sites (tertiary alicyclic amines) is 1. The Bertz CT molecular complexity index is 515. The number of nitrogens with zero attached hydrogens (tertiary/aromatic N) is 2. The summed E-state index contributed by atoms with van der Waals surface area (Å²) in [5.41, 5.74) is 0.767. The van der Waals surface area contributed by atoms with E-state index < -0.39 is 0 Å². The van der Waals surface area contributed by atoms with Crippen molar-refractivity contribution in [1.29, 1.82) is 0 Å². The van der Waals surface area contributed by atoms with Gasteiger partial charge in [-0.2, -0.15) is 0 Å². The fraction of sp³-hybridized carbons (Fsp3) is 0.533. The summed E-state index contributed by atoms with van der Waals surface area (Å²) in [5.74, 6) is 1.61. The minimum Gasteiger partial charge on any atom is -0.334 e. The quantitative estimate of drug-likeness (QED) is 0.784. The molecule has 0 radical (unpaired) electrons. The first-order chi connectivity index (χ1) is 9.22. The van der Waals surface area contributed by atoms with Crippen LogP contribution in [0.3, 0.4) is 0 Å². The number of benzene rings is 1. The highest BCUT2D eigenvalue weighted by Gasteiger charge is 2.50. The molecule has 1 aromatic carbocycles. The summed E-state index contributed by atoms with van der Waals surface area (Å²) < 4.78 is 0. The summed E-state index contributed by atoms with van der Waals surface area (Å²) in [4.78, 5) is 17.3. The molecule has 4 saturated heterocycles. The van der Waals surface area contributed by atoms with Crippen LogP contribution in [0.5, 0.6) is 0 Å². The van der Waals surface area contributed by atoms with Crippen LogP contribution in [0.1, 0.15) is 16.8 Å². The van der Waals surface area contributed by atoms with Gasteiger partial charge in [0, 0.05) is 36.3 Å². The van der Waals surface area contributed by atoms with Gasteiger partial charge in [-0.3, -0.25) is 4.79 Å². The van der Waals surface area contributed by atoms with Crippen molar-refractivity contribution in [3.8, 4) is 0 Å². The molecule has 5 rings (SSSR count). The Morgan fingerprint density at radius 3 is 2.63 bits per heavy atom. The molecular formula is C15H17ClN2O. The van der Waals surface area contributed by atoms with Gasteiger partial charge < -0.3 is 9.80 Å². The lowest BCUT2D eigenvalue weighted by molar-refractivity contribution is 0.0422. The Labute approximate surface area is 118 Å². The van der Waals surface area contributed by atoms with Crippen LogP contribution < -0.4 is 0 Å². The molecule has 4 aliphatic heterocycles. The second-order valence-electron chi connectivity index (χ2n) is 6.00. The Hall–Kier alpha value is -1.06. The van der Waals surface area contributed by atoms with Gasteiger partial charge in [-0.25, -0.2) is 0 Å². The Balaban J connectivity index is 1.60. The minimum atomic E-state index is 0.179. The minimum absolute atomic E-state index is 0.179. The Kier molecular flexibility index (Phi) is 2.61. The van der Waals surface area contributed by atoms with E-state index >= 15 is 0 Å². The van der Waals surface area contributed by atoms with Crippen molar-refractivity contribution >= 4 is 17.5 Å². The molecule has 4 heteroatoms. The highest BCUT2D eigenvalue weighted by atomic mass is 35.5. The molecule has 1 amide bonds. The van der Waals surface area contributed by atoms with Crippen LogP contribution in [0.2, 0.25) is 5.02 Å². The molecule has 0 aliphatic carbocycles. The predicted octanol–water partition coefficient (Wildman–Crippen LogP) is 2.12. The van der Waals surface area contributed by atoms with Crippen molar-refractivity contribution in [2.45, 2.75) is 12.5 Å². The first-order valence-electron chi connectivity index (χ1n) is 7.01. The van der Waals surface area contributed by atoms with Crippen LogP contribution in [-0.4, -0.2) is 47.9 Å². The fourth-order valence-corrected chi connectivity index (χ4v) is 4.23. The number of hydrogen-bond acceptors (Lipinski definition) is 2. The summed E-state index contributed by atoms with van der Waals surface area (Å²) in [6.07, 6.45) is 1.26. The second kappa shape index (κ2) is 4.22. The van der Waals surface area contributed by atoms with Gasteiger partial charge in [-0.1, -0.05) is 11.6 Å². The lowest BCUT2D eigenvalue weighted by Gasteiger charge is -2.44. The maximum absolute atomic E-state index is 12.6. The molecule has 4 atom stereocenters. The number of amides is 1. The number of rotatable bonds is 1. The summed E-state index contributed by atoms with van der Waals surface area (Å²) in [6, 6.07) is 7.71. The molecule has 1 unspecified atom stereocenters. The van der Waals surface area contributed by atoms with Gasteiger partial charge in [-0.05, 0) is 49.1 Å². The van der Waals surface area contributed by atoms with Crippen LogP contribution in [0, 0.1) is 11.8 Å². The third-order valence-corrected chi connectivity index (χ3v) is 5.25. The van der Waals surface area contributed by atoms with Crippen LogP contribution >= 0.6 is 11.6 Å². The van der Waals surface area contributed by atoms with E-state index in [0.29, 0.717) is 17.0 Å². The molecule has 4 fully saturated rings. The van der Waals surface area contributed by atoms with E-state index in [1.807, 2.05) is 12.1 Å². The third-order valence-electron chi connectivity index (χ3n) is 5.00. The summed E-state index contributed by atoms with van der Waals surface area (Å²) >= 11 is 5.88. The number of hydrogen-bond donors (Lipinski definition) is 0. The SMILES string of the molecule is O=C(c1ccc(Cl)cc1)N1C[C@@H]2C[N@@]3CCC2[C@@H]1C3. The van der Waals surface area contributed by atoms with Crippen molar-refractivity contribution < 1.29 is 4.79 Å². The predicted molar refractivity (Wildman–Crippen MR) is 74.3 cm³/mol. The monoisotopic (exact) mass is 276 g/mol. The highest BCUT2D eigenvalue weighted by molar-refractivity contribution is 6.30. The third kappa shape index (κ3) is 1.79. The Morgan fingerprint density at radius 2 is 1.95 bits per heavy atom. The molecule has 0 N–H and O–H groups in total. The number of fused-ring (bicyclic) bond motifs is 1. The van der Waals surface area contributed by atoms with E-state index in [2.05, 4.69) is 9.80 Å². The van der Waals surface area contributed by atoms with Crippen molar-refractivity contribution in [3.63, 3.8) is 0 Å². The summed E-state index contributed by atoms with van der Waals surface area (Å²) in [6.45, 7) is 4.42. The van der Waals surface area contributed by atoms with E-state index in [9.17, 15) is 4.79 Å². The molecule has 1 aromatic rings. The van der Waals surface area contributed by atoms with E-state index in [1.54, 1.807) is 12.1 Å². The first-order valence-corrected chi connectivity index (χ1v) is 7.39. The molecule has 0 spiro atoms. The lowest BCUT2D eigenvalue weighted by Crippen LogP contribution is -2.54. The summed E-state index contributed by atoms with van der Waals surface area (Å²) in [7, 11) is 0. The van der Waals surface area contributed by atoms with Gasteiger partial charge in [0.2, 0.25) is 0 Å². The summed E-state index contributed by atoms with van der Waals surface area (Å²) in [5, 5.41) is 0.682. The molecule has 100 valence electrons. The Morgan fingerprint density at radius 1 is 1.16 bits per heavy atom. The second-order valence-corrected chi connectivity index (χ2v) is 6.44. The highest BCUT2D eigenvalue weighted by Crippen LogP contribution is 2.41. The number of carbonyl (C=O) groups excluding carboxylic acids is 1. The zero-order valence-electron chi connectivity index (χ0n) is 10.8. The van der Waals surface area contributed by atoms with Crippen molar-refractivity contribution in [3.05, 3.63) is 34.9 Å². The average molecular weight is 277 g/mol. The van der Waals surface area contributed by atoms with Gasteiger partial charge in [0.1, 0.15) is 0 Å². The van der Waals surface area contributed by atoms with Gasteiger partial charge >= 0.3 is 0 Å². The van der Waals surface area contributed by atoms with E-state index in [0.717, 1.165) is 24.6 Å². The zero-order valence-corrected chi connectivity index (χ0v) is 11.5. The number of piperidine rings is 3. The molecule has 4 aliphatic rings. The van der Waals surface area contributed by atoms with E-state index in [1.165, 1.54) is 19.5 Å². The standard InChI is InChI=1S/C15H17ClN2O/c16-12-3-1-10(2-4-12)15(19)18-8-11-7-17-6-5-13(11)14(18)9-17/h1-4,11,13-14H,5-9H2/t11-,13?,14-/m0/s1. The van der Waals surface area contributed by atoms with Crippen molar-refractivity contribution in [2.24, 2.45) is 11.8 Å². The van der Waals surface area contributed by atoms with Crippen molar-refractivity contribution in [2.75, 3.05) is 26.2 Å². The number of halogens is 1. The van der Waals surface area contributed by atoms with Crippen LogP contribution in [0.25, 0.3) is 0 Å².